The Hall–Kier alpha value is -7.82. The van der Waals surface area contributed by atoms with Gasteiger partial charge < -0.3 is 4.57 Å². The zero-order chi connectivity index (χ0) is 39.3. The van der Waals surface area contributed by atoms with Crippen molar-refractivity contribution in [2.45, 2.75) is 12.8 Å². The van der Waals surface area contributed by atoms with Crippen LogP contribution in [0.2, 0.25) is 0 Å². The molecule has 0 atom stereocenters. The smallest absolute Gasteiger partial charge is 0.235 e. The molecule has 4 heteroatoms. The van der Waals surface area contributed by atoms with E-state index < -0.39 is 0 Å². The summed E-state index contributed by atoms with van der Waals surface area (Å²) in [5, 5.41) is 13.4. The molecule has 280 valence electrons. The lowest BCUT2D eigenvalue weighted by Gasteiger charge is -2.18. The van der Waals surface area contributed by atoms with Crippen molar-refractivity contribution in [1.82, 2.24) is 19.1 Å². The van der Waals surface area contributed by atoms with Gasteiger partial charge in [0.05, 0.1) is 33.3 Å². The molecule has 0 saturated heterocycles. The van der Waals surface area contributed by atoms with Gasteiger partial charge in [0.2, 0.25) is 5.95 Å². The molecule has 0 N–H and O–H groups in total. The van der Waals surface area contributed by atoms with Crippen LogP contribution in [0.15, 0.2) is 194 Å². The summed E-state index contributed by atoms with van der Waals surface area (Å²) in [7, 11) is 0. The zero-order valence-electron chi connectivity index (χ0n) is 32.7. The highest BCUT2D eigenvalue weighted by molar-refractivity contribution is 6.44. The van der Waals surface area contributed by atoms with E-state index in [1.807, 2.05) is 0 Å². The molecule has 0 saturated carbocycles. The Labute approximate surface area is 345 Å². The molecule has 0 amide bonds. The minimum atomic E-state index is 0.657. The predicted octanol–water partition coefficient (Wildman–Crippen LogP) is 14.8. The number of fused-ring (bicyclic) bond motifs is 16. The summed E-state index contributed by atoms with van der Waals surface area (Å²) in [6.45, 7) is 0. The molecule has 12 aromatic rings. The topological polar surface area (TPSA) is 35.6 Å². The summed E-state index contributed by atoms with van der Waals surface area (Å²) >= 11 is 0. The summed E-state index contributed by atoms with van der Waals surface area (Å²) in [5.74, 6) is 0.657. The molecule has 4 nitrogen and oxygen atoms in total. The first kappa shape index (κ1) is 33.2. The molecule has 0 bridgehead atoms. The molecule has 3 aromatic heterocycles. The molecule has 0 aliphatic heterocycles. The molecule has 0 fully saturated rings. The summed E-state index contributed by atoms with van der Waals surface area (Å²) in [5.41, 5.74) is 11.3. The Balaban J connectivity index is 1.22. The Bertz CT molecular complexity index is 3810. The number of hydrogen-bond acceptors (Lipinski definition) is 2. The van der Waals surface area contributed by atoms with Gasteiger partial charge in [-0.3, -0.25) is 4.57 Å². The van der Waals surface area contributed by atoms with Crippen LogP contribution in [0.3, 0.4) is 0 Å². The number of hydrogen-bond donors (Lipinski definition) is 0. The van der Waals surface area contributed by atoms with Crippen molar-refractivity contribution in [3.8, 4) is 28.3 Å². The van der Waals surface area contributed by atoms with Crippen LogP contribution in [0.4, 0.5) is 0 Å². The van der Waals surface area contributed by atoms with Crippen molar-refractivity contribution in [3.05, 3.63) is 194 Å². The first-order valence-electron chi connectivity index (χ1n) is 20.8. The van der Waals surface area contributed by atoms with Gasteiger partial charge in [-0.1, -0.05) is 170 Å². The van der Waals surface area contributed by atoms with Crippen molar-refractivity contribution in [3.63, 3.8) is 0 Å². The Morgan fingerprint density at radius 3 is 1.63 bits per heavy atom. The summed E-state index contributed by atoms with van der Waals surface area (Å²) < 4.78 is 4.91. The van der Waals surface area contributed by atoms with E-state index in [2.05, 4.69) is 203 Å². The number of nitrogens with zero attached hydrogens (tertiary/aromatic N) is 4. The molecular weight excluding hydrogens is 729 g/mol. The van der Waals surface area contributed by atoms with Gasteiger partial charge >= 0.3 is 0 Å². The van der Waals surface area contributed by atoms with Gasteiger partial charge in [0.15, 0.2) is 0 Å². The van der Waals surface area contributed by atoms with E-state index in [1.54, 1.807) is 0 Å². The van der Waals surface area contributed by atoms with Crippen LogP contribution in [0, 0.1) is 0 Å². The van der Waals surface area contributed by atoms with E-state index in [0.717, 1.165) is 46.0 Å². The fourth-order valence-corrected chi connectivity index (χ4v) is 10.2. The largest absolute Gasteiger partial charge is 0.312 e. The van der Waals surface area contributed by atoms with Crippen molar-refractivity contribution in [2.75, 3.05) is 0 Å². The number of para-hydroxylation sites is 3. The van der Waals surface area contributed by atoms with Gasteiger partial charge in [-0.25, -0.2) is 9.97 Å². The molecule has 1 aliphatic rings. The predicted molar refractivity (Wildman–Crippen MR) is 253 cm³/mol. The van der Waals surface area contributed by atoms with Crippen molar-refractivity contribution < 1.29 is 0 Å². The maximum atomic E-state index is 5.59. The van der Waals surface area contributed by atoms with E-state index in [-0.39, 0.29) is 0 Å². The van der Waals surface area contributed by atoms with Gasteiger partial charge in [-0.05, 0) is 64.4 Å². The van der Waals surface area contributed by atoms with Crippen LogP contribution in [-0.2, 0) is 0 Å². The Morgan fingerprint density at radius 2 is 0.917 bits per heavy atom. The van der Waals surface area contributed by atoms with E-state index >= 15 is 0 Å². The average Bonchev–Trinajstić information content (AvgIpc) is 3.86. The van der Waals surface area contributed by atoms with Crippen LogP contribution < -0.4 is 0 Å². The monoisotopic (exact) mass is 764 g/mol. The molecule has 0 radical (unpaired) electrons. The highest BCUT2D eigenvalue weighted by Gasteiger charge is 2.27. The van der Waals surface area contributed by atoms with Crippen LogP contribution in [0.1, 0.15) is 12.8 Å². The normalized spacial score (nSPS) is 13.2. The molecular formula is C56H36N4. The van der Waals surface area contributed by atoms with E-state index in [0.29, 0.717) is 5.95 Å². The van der Waals surface area contributed by atoms with Gasteiger partial charge in [-0.2, -0.15) is 0 Å². The number of aromatic nitrogens is 4. The summed E-state index contributed by atoms with van der Waals surface area (Å²) in [4.78, 5) is 11.0. The highest BCUT2D eigenvalue weighted by Crippen LogP contribution is 2.50. The fraction of sp³-hybridized carbons (Fsp3) is 0.0357. The average molecular weight is 765 g/mol. The Morgan fingerprint density at radius 1 is 0.383 bits per heavy atom. The van der Waals surface area contributed by atoms with Gasteiger partial charge in [0, 0.05) is 54.4 Å². The van der Waals surface area contributed by atoms with Crippen molar-refractivity contribution in [2.24, 2.45) is 0 Å². The molecule has 13 rings (SSSR count). The molecule has 1 aliphatic carbocycles. The first-order valence-corrected chi connectivity index (χ1v) is 20.8. The van der Waals surface area contributed by atoms with Crippen molar-refractivity contribution in [1.29, 1.82) is 0 Å². The minimum Gasteiger partial charge on any atom is -0.312 e. The lowest BCUT2D eigenvalue weighted by molar-refractivity contribution is 0.980. The summed E-state index contributed by atoms with van der Waals surface area (Å²) in [6, 6.07) is 63.6. The van der Waals surface area contributed by atoms with E-state index in [4.69, 9.17) is 9.97 Å². The molecule has 60 heavy (non-hydrogen) atoms. The quantitative estimate of drug-likeness (QED) is 0.167. The lowest BCUT2D eigenvalue weighted by atomic mass is 9.90. The van der Waals surface area contributed by atoms with E-state index in [1.165, 1.54) is 81.7 Å². The van der Waals surface area contributed by atoms with Crippen LogP contribution >= 0.6 is 0 Å². The minimum absolute atomic E-state index is 0.657. The SMILES string of the molecule is C1=CCCC(n2c3ccccc3c3c4c5ccccc5c5c6ccccc6n(-c6nc(-c7ccc(-c8ccccc8)cc7)c7ccccc7n6)c5c4c4ccccc4c32)=C1. The second-order valence-electron chi connectivity index (χ2n) is 16.0. The Kier molecular flexibility index (Phi) is 7.10. The van der Waals surface area contributed by atoms with Crippen LogP contribution in [0.25, 0.3) is 121 Å². The fourth-order valence-electron chi connectivity index (χ4n) is 10.2. The second-order valence-corrected chi connectivity index (χ2v) is 16.0. The van der Waals surface area contributed by atoms with Gasteiger partial charge in [0.25, 0.3) is 0 Å². The first-order chi connectivity index (χ1) is 29.8. The number of benzene rings is 9. The maximum absolute atomic E-state index is 5.59. The third kappa shape index (κ3) is 4.67. The molecule has 3 heterocycles. The number of rotatable bonds is 4. The summed E-state index contributed by atoms with van der Waals surface area (Å²) in [6.07, 6.45) is 8.81. The lowest BCUT2D eigenvalue weighted by Crippen LogP contribution is -2.04. The maximum Gasteiger partial charge on any atom is 0.235 e. The van der Waals surface area contributed by atoms with E-state index in [9.17, 15) is 0 Å². The van der Waals surface area contributed by atoms with Crippen LogP contribution in [0.5, 0.6) is 0 Å². The third-order valence-corrected chi connectivity index (χ3v) is 12.7. The zero-order valence-corrected chi connectivity index (χ0v) is 32.7. The van der Waals surface area contributed by atoms with Crippen molar-refractivity contribution >= 4 is 92.5 Å². The molecule has 0 unspecified atom stereocenters. The third-order valence-electron chi connectivity index (χ3n) is 12.7. The standard InChI is InChI=1S/C56H36N4/c1-3-17-35(18-4-1)36-31-33-37(34-32-36)53-43-25-11-14-28-46(43)57-56(58-53)60-48-30-16-12-26-44(48)49-39-21-7-8-22-40(39)50-51(55(49)60)41-23-9-10-24-42(41)54-52(50)45-27-13-15-29-47(45)59(54)38-19-5-2-6-20-38/h1-5,7-19,21-34H,6,20H2. The second kappa shape index (κ2) is 12.8. The highest BCUT2D eigenvalue weighted by atomic mass is 15.2. The van der Waals surface area contributed by atoms with Gasteiger partial charge in [-0.15, -0.1) is 0 Å². The number of allylic oxidation sites excluding steroid dienone is 4. The molecule has 0 spiro atoms. The van der Waals surface area contributed by atoms with Crippen LogP contribution in [-0.4, -0.2) is 19.1 Å². The van der Waals surface area contributed by atoms with Gasteiger partial charge in [0.1, 0.15) is 0 Å². The molecule has 9 aromatic carbocycles.